The summed E-state index contributed by atoms with van der Waals surface area (Å²) >= 11 is 0. The number of aromatic nitrogens is 1. The van der Waals surface area contributed by atoms with E-state index in [1.165, 1.54) is 18.5 Å². The summed E-state index contributed by atoms with van der Waals surface area (Å²) < 4.78 is 32.4. The fraction of sp³-hybridized carbons (Fsp3) is 0.0909. The van der Waals surface area contributed by atoms with E-state index in [0.29, 0.717) is 11.3 Å². The predicted molar refractivity (Wildman–Crippen MR) is 62.1 cm³/mol. The first-order valence-electron chi connectivity index (χ1n) is 4.83. The molecule has 0 aliphatic heterocycles. The molecule has 0 N–H and O–H groups in total. The Balaban J connectivity index is 2.64. The standard InChI is InChI=1S/C11H8N2O4S/c1-18(14,15)17-11-8(10-3-2-6-16-10)4-5-13-9(11)7-12/h2-6H,1H3. The molecule has 2 aromatic heterocycles. The van der Waals surface area contributed by atoms with E-state index in [9.17, 15) is 8.42 Å². The summed E-state index contributed by atoms with van der Waals surface area (Å²) in [4.78, 5) is 3.76. The minimum Gasteiger partial charge on any atom is -0.464 e. The smallest absolute Gasteiger partial charge is 0.306 e. The first-order valence-corrected chi connectivity index (χ1v) is 6.65. The van der Waals surface area contributed by atoms with Crippen molar-refractivity contribution in [1.82, 2.24) is 4.98 Å². The maximum atomic E-state index is 11.2. The Bertz CT molecular complexity index is 699. The number of rotatable bonds is 3. The first-order chi connectivity index (χ1) is 8.51. The van der Waals surface area contributed by atoms with Gasteiger partial charge < -0.3 is 8.60 Å². The maximum Gasteiger partial charge on any atom is 0.306 e. The van der Waals surface area contributed by atoms with Gasteiger partial charge >= 0.3 is 10.1 Å². The van der Waals surface area contributed by atoms with Gasteiger partial charge in [-0.1, -0.05) is 0 Å². The Labute approximate surface area is 104 Å². The van der Waals surface area contributed by atoms with E-state index in [-0.39, 0.29) is 11.4 Å². The van der Waals surface area contributed by atoms with Crippen molar-refractivity contribution in [3.63, 3.8) is 0 Å². The fourth-order valence-corrected chi connectivity index (χ4v) is 1.86. The van der Waals surface area contributed by atoms with E-state index in [4.69, 9.17) is 13.9 Å². The van der Waals surface area contributed by atoms with Crippen LogP contribution in [0.25, 0.3) is 11.3 Å². The summed E-state index contributed by atoms with van der Waals surface area (Å²) in [6.07, 6.45) is 3.71. The van der Waals surface area contributed by atoms with Crippen molar-refractivity contribution in [1.29, 1.82) is 5.26 Å². The third-order valence-corrected chi connectivity index (χ3v) is 2.50. The fourth-order valence-electron chi connectivity index (χ4n) is 1.39. The molecular formula is C11H8N2O4S. The number of pyridine rings is 1. The molecule has 0 bridgehead atoms. The van der Waals surface area contributed by atoms with Crippen molar-refractivity contribution in [2.24, 2.45) is 0 Å². The van der Waals surface area contributed by atoms with Crippen LogP contribution in [0.15, 0.2) is 35.1 Å². The van der Waals surface area contributed by atoms with Crippen molar-refractivity contribution in [2.75, 3.05) is 6.26 Å². The van der Waals surface area contributed by atoms with Gasteiger partial charge in [-0.05, 0) is 18.2 Å². The highest BCUT2D eigenvalue weighted by Gasteiger charge is 2.18. The zero-order chi connectivity index (χ0) is 13.2. The molecule has 0 atom stereocenters. The molecule has 0 amide bonds. The Morgan fingerprint density at radius 3 is 2.78 bits per heavy atom. The molecule has 92 valence electrons. The lowest BCUT2D eigenvalue weighted by Crippen LogP contribution is -2.08. The largest absolute Gasteiger partial charge is 0.464 e. The van der Waals surface area contributed by atoms with Crippen LogP contribution in [0.3, 0.4) is 0 Å². The topological polar surface area (TPSA) is 93.2 Å². The van der Waals surface area contributed by atoms with Crippen LogP contribution in [0.4, 0.5) is 0 Å². The highest BCUT2D eigenvalue weighted by molar-refractivity contribution is 7.86. The summed E-state index contributed by atoms with van der Waals surface area (Å²) in [5.74, 6) is 0.269. The van der Waals surface area contributed by atoms with Gasteiger partial charge in [0.1, 0.15) is 11.8 Å². The van der Waals surface area contributed by atoms with E-state index in [1.54, 1.807) is 18.2 Å². The highest BCUT2D eigenvalue weighted by atomic mass is 32.2. The molecule has 0 unspecified atom stereocenters. The average molecular weight is 264 g/mol. The molecule has 2 rings (SSSR count). The van der Waals surface area contributed by atoms with Crippen LogP contribution < -0.4 is 4.18 Å². The Morgan fingerprint density at radius 2 is 2.22 bits per heavy atom. The van der Waals surface area contributed by atoms with Gasteiger partial charge in [-0.25, -0.2) is 4.98 Å². The lowest BCUT2D eigenvalue weighted by Gasteiger charge is -2.08. The van der Waals surface area contributed by atoms with Crippen LogP contribution in [0, 0.1) is 11.3 Å². The second kappa shape index (κ2) is 4.50. The number of nitrogens with zero attached hydrogens (tertiary/aromatic N) is 2. The summed E-state index contributed by atoms with van der Waals surface area (Å²) in [6, 6.07) is 6.57. The summed E-state index contributed by atoms with van der Waals surface area (Å²) in [7, 11) is -3.76. The highest BCUT2D eigenvalue weighted by Crippen LogP contribution is 2.32. The molecule has 2 heterocycles. The molecule has 0 fully saturated rings. The maximum absolute atomic E-state index is 11.2. The van der Waals surface area contributed by atoms with E-state index in [0.717, 1.165) is 6.26 Å². The zero-order valence-corrected chi connectivity index (χ0v) is 10.1. The van der Waals surface area contributed by atoms with Crippen LogP contribution in [0.5, 0.6) is 5.75 Å². The number of furan rings is 1. The third-order valence-electron chi connectivity index (χ3n) is 2.03. The number of hydrogen-bond acceptors (Lipinski definition) is 6. The zero-order valence-electron chi connectivity index (χ0n) is 9.32. The van der Waals surface area contributed by atoms with Crippen molar-refractivity contribution in [3.05, 3.63) is 36.4 Å². The van der Waals surface area contributed by atoms with E-state index >= 15 is 0 Å². The predicted octanol–water partition coefficient (Wildman–Crippen LogP) is 1.55. The Hall–Kier alpha value is -2.33. The average Bonchev–Trinajstić information content (AvgIpc) is 2.80. The van der Waals surface area contributed by atoms with Gasteiger partial charge in [0.15, 0.2) is 11.4 Å². The summed E-state index contributed by atoms with van der Waals surface area (Å²) in [5, 5.41) is 8.92. The molecule has 0 saturated heterocycles. The molecule has 0 radical (unpaired) electrons. The Kier molecular flexibility index (Phi) is 3.04. The molecule has 0 aromatic carbocycles. The van der Waals surface area contributed by atoms with E-state index in [2.05, 4.69) is 4.98 Å². The summed E-state index contributed by atoms with van der Waals surface area (Å²) in [5.41, 5.74) is 0.242. The summed E-state index contributed by atoms with van der Waals surface area (Å²) in [6.45, 7) is 0. The minimum absolute atomic E-state index is 0.116. The van der Waals surface area contributed by atoms with Crippen molar-refractivity contribution >= 4 is 10.1 Å². The van der Waals surface area contributed by atoms with E-state index in [1.807, 2.05) is 0 Å². The van der Waals surface area contributed by atoms with Gasteiger partial charge in [0.25, 0.3) is 0 Å². The third kappa shape index (κ3) is 2.49. The van der Waals surface area contributed by atoms with Gasteiger partial charge in [-0.15, -0.1) is 0 Å². The second-order valence-corrected chi connectivity index (χ2v) is 4.99. The van der Waals surface area contributed by atoms with Crippen molar-refractivity contribution in [2.45, 2.75) is 0 Å². The van der Waals surface area contributed by atoms with Gasteiger partial charge in [0, 0.05) is 6.20 Å². The monoisotopic (exact) mass is 264 g/mol. The van der Waals surface area contributed by atoms with Gasteiger partial charge in [-0.3, -0.25) is 0 Å². The van der Waals surface area contributed by atoms with Gasteiger partial charge in [-0.2, -0.15) is 13.7 Å². The molecule has 0 aliphatic rings. The second-order valence-electron chi connectivity index (χ2n) is 3.41. The molecular weight excluding hydrogens is 256 g/mol. The van der Waals surface area contributed by atoms with Crippen LogP contribution in [0.2, 0.25) is 0 Å². The van der Waals surface area contributed by atoms with Crippen molar-refractivity contribution < 1.29 is 17.0 Å². The molecule has 6 nitrogen and oxygen atoms in total. The number of hydrogen-bond donors (Lipinski definition) is 0. The SMILES string of the molecule is CS(=O)(=O)Oc1c(-c2ccco2)ccnc1C#N. The first kappa shape index (κ1) is 12.1. The van der Waals surface area contributed by atoms with Crippen LogP contribution in [0.1, 0.15) is 5.69 Å². The molecule has 7 heteroatoms. The quantitative estimate of drug-likeness (QED) is 0.781. The normalized spacial score (nSPS) is 10.9. The van der Waals surface area contributed by atoms with E-state index < -0.39 is 10.1 Å². The Morgan fingerprint density at radius 1 is 1.44 bits per heavy atom. The molecule has 0 spiro atoms. The van der Waals surface area contributed by atoms with Crippen LogP contribution in [-0.4, -0.2) is 19.7 Å². The molecule has 2 aromatic rings. The number of nitriles is 1. The van der Waals surface area contributed by atoms with Gasteiger partial charge in [0.2, 0.25) is 0 Å². The van der Waals surface area contributed by atoms with Crippen LogP contribution in [-0.2, 0) is 10.1 Å². The lowest BCUT2D eigenvalue weighted by molar-refractivity contribution is 0.490. The van der Waals surface area contributed by atoms with Crippen molar-refractivity contribution in [3.8, 4) is 23.1 Å². The molecule has 0 aliphatic carbocycles. The lowest BCUT2D eigenvalue weighted by atomic mass is 10.1. The molecule has 18 heavy (non-hydrogen) atoms. The van der Waals surface area contributed by atoms with Gasteiger partial charge in [0.05, 0.1) is 18.1 Å². The van der Waals surface area contributed by atoms with Crippen LogP contribution >= 0.6 is 0 Å². The minimum atomic E-state index is -3.76. The molecule has 0 saturated carbocycles.